The van der Waals surface area contributed by atoms with Crippen LogP contribution in [-0.2, 0) is 0 Å². The number of hydrazone groups is 1. The van der Waals surface area contributed by atoms with Gasteiger partial charge in [-0.25, -0.2) is 9.82 Å². The smallest absolute Gasteiger partial charge is 0.395 e. The molecule has 0 spiro atoms. The maximum absolute atomic E-state index is 12.8. The van der Waals surface area contributed by atoms with Gasteiger partial charge in [0, 0.05) is 0 Å². The van der Waals surface area contributed by atoms with Crippen LogP contribution in [0.3, 0.4) is 0 Å². The fraction of sp³-hybridized carbons (Fsp3) is 0.0769. The van der Waals surface area contributed by atoms with E-state index in [-0.39, 0.29) is 11.6 Å². The first-order valence-corrected chi connectivity index (χ1v) is 5.82. The van der Waals surface area contributed by atoms with Crippen molar-refractivity contribution in [2.75, 3.05) is 0 Å². The van der Waals surface area contributed by atoms with Crippen molar-refractivity contribution in [2.24, 2.45) is 5.10 Å². The number of rotatable bonds is 4. The molecule has 21 heavy (non-hydrogen) atoms. The summed E-state index contributed by atoms with van der Waals surface area (Å²) in [6.07, 6.45) is 0. The summed E-state index contributed by atoms with van der Waals surface area (Å²) in [5.41, 5.74) is 3.28. The minimum Gasteiger partial charge on any atom is -0.395 e. The second kappa shape index (κ2) is 5.95. The number of halogens is 1. The van der Waals surface area contributed by atoms with Gasteiger partial charge in [0.1, 0.15) is 10.7 Å². The number of carbonyl (C=O) groups excluding carboxylic acids is 1. The first kappa shape index (κ1) is 14.4. The highest BCUT2D eigenvalue weighted by molar-refractivity contribution is 6.00. The van der Waals surface area contributed by atoms with Crippen LogP contribution in [0.15, 0.2) is 45.9 Å². The van der Waals surface area contributed by atoms with E-state index in [0.717, 1.165) is 6.07 Å². The van der Waals surface area contributed by atoms with Gasteiger partial charge < -0.3 is 4.42 Å². The molecular formula is C13H10FN3O4. The largest absolute Gasteiger partial charge is 0.433 e. The molecule has 108 valence electrons. The van der Waals surface area contributed by atoms with Gasteiger partial charge in [-0.2, -0.15) is 5.10 Å². The third-order valence-corrected chi connectivity index (χ3v) is 2.58. The number of hydrogen-bond acceptors (Lipinski definition) is 5. The predicted molar refractivity (Wildman–Crippen MR) is 71.4 cm³/mol. The van der Waals surface area contributed by atoms with Crippen molar-refractivity contribution >= 4 is 17.5 Å². The van der Waals surface area contributed by atoms with Crippen LogP contribution in [0, 0.1) is 15.9 Å². The molecule has 2 aromatic rings. The molecule has 1 aromatic heterocycles. The molecule has 0 aliphatic heterocycles. The summed E-state index contributed by atoms with van der Waals surface area (Å²) in [5, 5.41) is 14.3. The Kier molecular flexibility index (Phi) is 4.07. The molecule has 0 bridgehead atoms. The maximum Gasteiger partial charge on any atom is 0.433 e. The monoisotopic (exact) mass is 291 g/mol. The van der Waals surface area contributed by atoms with Gasteiger partial charge in [-0.1, -0.05) is 12.1 Å². The van der Waals surface area contributed by atoms with E-state index < -0.39 is 16.7 Å². The average Bonchev–Trinajstić information content (AvgIpc) is 2.95. The molecule has 1 amide bonds. The van der Waals surface area contributed by atoms with Gasteiger partial charge >= 0.3 is 11.8 Å². The quantitative estimate of drug-likeness (QED) is 0.531. The van der Waals surface area contributed by atoms with Crippen molar-refractivity contribution in [1.82, 2.24) is 5.43 Å². The Morgan fingerprint density at radius 1 is 1.29 bits per heavy atom. The summed E-state index contributed by atoms with van der Waals surface area (Å²) in [5.74, 6) is -1.85. The zero-order valence-corrected chi connectivity index (χ0v) is 10.9. The number of carbonyl (C=O) groups is 1. The third-order valence-electron chi connectivity index (χ3n) is 2.58. The Morgan fingerprint density at radius 2 is 1.95 bits per heavy atom. The van der Waals surface area contributed by atoms with Crippen LogP contribution in [-0.4, -0.2) is 16.5 Å². The number of amides is 1. The minimum atomic E-state index is -0.746. The standard InChI is InChI=1S/C13H10FN3O4/c1-8(9-2-4-10(14)5-3-9)15-16-13(18)11-6-7-12(21-11)17(19)20/h2-7H,1H3,(H,16,18)/b15-8+. The van der Waals surface area contributed by atoms with Crippen LogP contribution >= 0.6 is 0 Å². The lowest BCUT2D eigenvalue weighted by Gasteiger charge is -2.01. The number of benzene rings is 1. The van der Waals surface area contributed by atoms with E-state index in [2.05, 4.69) is 10.5 Å². The van der Waals surface area contributed by atoms with Crippen LogP contribution < -0.4 is 5.43 Å². The molecular weight excluding hydrogens is 281 g/mol. The van der Waals surface area contributed by atoms with E-state index in [4.69, 9.17) is 4.42 Å². The van der Waals surface area contributed by atoms with Gasteiger partial charge in [-0.3, -0.25) is 14.9 Å². The van der Waals surface area contributed by atoms with Crippen LogP contribution in [0.4, 0.5) is 10.3 Å². The van der Waals surface area contributed by atoms with E-state index in [0.29, 0.717) is 11.3 Å². The van der Waals surface area contributed by atoms with E-state index >= 15 is 0 Å². The Labute approximate surface area is 118 Å². The first-order valence-electron chi connectivity index (χ1n) is 5.82. The van der Waals surface area contributed by atoms with Gasteiger partial charge in [-0.05, 0) is 30.7 Å². The van der Waals surface area contributed by atoms with Crippen molar-refractivity contribution in [3.05, 3.63) is 63.7 Å². The molecule has 1 N–H and O–H groups in total. The van der Waals surface area contributed by atoms with Crippen LogP contribution in [0.25, 0.3) is 0 Å². The molecule has 1 aromatic carbocycles. The van der Waals surface area contributed by atoms with E-state index in [9.17, 15) is 19.3 Å². The molecule has 0 aliphatic carbocycles. The zero-order valence-electron chi connectivity index (χ0n) is 10.9. The van der Waals surface area contributed by atoms with Crippen molar-refractivity contribution in [3.8, 4) is 0 Å². The highest BCUT2D eigenvalue weighted by atomic mass is 19.1. The Balaban J connectivity index is 2.06. The molecule has 2 rings (SSSR count). The van der Waals surface area contributed by atoms with Crippen LogP contribution in [0.2, 0.25) is 0 Å². The first-order chi connectivity index (χ1) is 9.97. The summed E-state index contributed by atoms with van der Waals surface area (Å²) < 4.78 is 17.5. The SMILES string of the molecule is C/C(=N\NC(=O)c1ccc([N+](=O)[O-])o1)c1ccc(F)cc1. The topological polar surface area (TPSA) is 97.7 Å². The fourth-order valence-corrected chi connectivity index (χ4v) is 1.49. The second-order valence-corrected chi connectivity index (χ2v) is 4.04. The van der Waals surface area contributed by atoms with E-state index in [1.54, 1.807) is 6.92 Å². The number of nitrogens with zero attached hydrogens (tertiary/aromatic N) is 2. The molecule has 0 aliphatic rings. The van der Waals surface area contributed by atoms with Gasteiger partial charge in [0.25, 0.3) is 0 Å². The molecule has 0 saturated carbocycles. The molecule has 8 heteroatoms. The molecule has 0 radical (unpaired) electrons. The summed E-state index contributed by atoms with van der Waals surface area (Å²) in [4.78, 5) is 21.4. The Morgan fingerprint density at radius 3 is 2.52 bits per heavy atom. The number of nitrogens with one attached hydrogen (secondary N) is 1. The number of nitro groups is 1. The highest BCUT2D eigenvalue weighted by Crippen LogP contribution is 2.15. The predicted octanol–water partition coefficient (Wildman–Crippen LogP) is 2.48. The normalized spacial score (nSPS) is 11.2. The molecule has 0 saturated heterocycles. The summed E-state index contributed by atoms with van der Waals surface area (Å²) in [6.45, 7) is 1.62. The fourth-order valence-electron chi connectivity index (χ4n) is 1.49. The highest BCUT2D eigenvalue weighted by Gasteiger charge is 2.16. The van der Waals surface area contributed by atoms with Crippen LogP contribution in [0.5, 0.6) is 0 Å². The zero-order chi connectivity index (χ0) is 15.4. The summed E-state index contributed by atoms with van der Waals surface area (Å²) >= 11 is 0. The lowest BCUT2D eigenvalue weighted by molar-refractivity contribution is -0.402. The Bertz CT molecular complexity index is 706. The molecule has 1 heterocycles. The third kappa shape index (κ3) is 3.50. The van der Waals surface area contributed by atoms with E-state index in [1.807, 2.05) is 0 Å². The summed E-state index contributed by atoms with van der Waals surface area (Å²) in [6, 6.07) is 7.82. The number of hydrogen-bond donors (Lipinski definition) is 1. The van der Waals surface area contributed by atoms with Crippen molar-refractivity contribution in [3.63, 3.8) is 0 Å². The molecule has 0 unspecified atom stereocenters. The summed E-state index contributed by atoms with van der Waals surface area (Å²) in [7, 11) is 0. The van der Waals surface area contributed by atoms with Crippen molar-refractivity contribution < 1.29 is 18.5 Å². The number of furan rings is 1. The van der Waals surface area contributed by atoms with Crippen molar-refractivity contribution in [2.45, 2.75) is 6.92 Å². The Hall–Kier alpha value is -3.03. The van der Waals surface area contributed by atoms with Gasteiger partial charge in [-0.15, -0.1) is 0 Å². The van der Waals surface area contributed by atoms with E-state index in [1.165, 1.54) is 30.3 Å². The molecule has 7 nitrogen and oxygen atoms in total. The second-order valence-electron chi connectivity index (χ2n) is 4.04. The van der Waals surface area contributed by atoms with Crippen LogP contribution in [0.1, 0.15) is 23.0 Å². The maximum atomic E-state index is 12.8. The molecule has 0 atom stereocenters. The van der Waals surface area contributed by atoms with Gasteiger partial charge in [0.15, 0.2) is 0 Å². The lowest BCUT2D eigenvalue weighted by atomic mass is 10.1. The lowest BCUT2D eigenvalue weighted by Crippen LogP contribution is -2.18. The minimum absolute atomic E-state index is 0.225. The van der Waals surface area contributed by atoms with Crippen molar-refractivity contribution in [1.29, 1.82) is 0 Å². The van der Waals surface area contributed by atoms with Gasteiger partial charge in [0.2, 0.25) is 5.76 Å². The van der Waals surface area contributed by atoms with Gasteiger partial charge in [0.05, 0.1) is 11.8 Å². The average molecular weight is 291 g/mol. The molecule has 0 fully saturated rings.